The Kier molecular flexibility index (Phi) is 15.4. The first-order valence-electron chi connectivity index (χ1n) is 13.4. The van der Waals surface area contributed by atoms with Gasteiger partial charge in [-0.2, -0.15) is 5.06 Å². The molecule has 1 fully saturated rings. The van der Waals surface area contributed by atoms with E-state index >= 15 is 0 Å². The Bertz CT molecular complexity index is 1110. The molecule has 0 aliphatic carbocycles. The number of amides is 2. The molecule has 2 aromatic rings. The first kappa shape index (κ1) is 34.4. The molecular formula is C30H46N6O4. The van der Waals surface area contributed by atoms with Gasteiger partial charge in [0.25, 0.3) is 5.91 Å². The van der Waals surface area contributed by atoms with Gasteiger partial charge in [-0.25, -0.2) is 0 Å². The molecule has 0 saturated carbocycles. The average Bonchev–Trinajstić information content (AvgIpc) is 3.04. The second-order valence-electron chi connectivity index (χ2n) is 10.3. The van der Waals surface area contributed by atoms with Crippen molar-refractivity contribution in [3.63, 3.8) is 0 Å². The van der Waals surface area contributed by atoms with Gasteiger partial charge in [0.15, 0.2) is 0 Å². The summed E-state index contributed by atoms with van der Waals surface area (Å²) in [7, 11) is 3.16. The number of nitrogens with zero attached hydrogens (tertiary/aromatic N) is 3. The molecule has 2 heterocycles. The first-order valence-corrected chi connectivity index (χ1v) is 13.4. The van der Waals surface area contributed by atoms with Gasteiger partial charge < -0.3 is 25.8 Å². The number of H-pyrrole nitrogens is 1. The van der Waals surface area contributed by atoms with E-state index < -0.39 is 0 Å². The molecule has 40 heavy (non-hydrogen) atoms. The molecule has 1 unspecified atom stereocenters. The summed E-state index contributed by atoms with van der Waals surface area (Å²) in [5.41, 5.74) is 8.88. The lowest BCUT2D eigenvalue weighted by molar-refractivity contribution is -0.165. The van der Waals surface area contributed by atoms with Crippen LogP contribution in [0.2, 0.25) is 0 Å². The lowest BCUT2D eigenvalue weighted by atomic mass is 9.89. The summed E-state index contributed by atoms with van der Waals surface area (Å²) in [6.07, 6.45) is 5.62. The van der Waals surface area contributed by atoms with Crippen LogP contribution in [0.1, 0.15) is 54.7 Å². The number of aromatic nitrogens is 1. The number of hydrogen-bond acceptors (Lipinski definition) is 7. The molecular weight excluding hydrogens is 508 g/mol. The van der Waals surface area contributed by atoms with E-state index in [1.165, 1.54) is 24.7 Å². The zero-order chi connectivity index (χ0) is 30.1. The second-order valence-corrected chi connectivity index (χ2v) is 10.3. The lowest BCUT2D eigenvalue weighted by Crippen LogP contribution is -2.50. The van der Waals surface area contributed by atoms with E-state index in [-0.39, 0.29) is 17.4 Å². The van der Waals surface area contributed by atoms with Gasteiger partial charge in [-0.15, -0.1) is 4.91 Å². The molecule has 0 bridgehead atoms. The van der Waals surface area contributed by atoms with E-state index in [1.54, 1.807) is 24.1 Å². The molecule has 1 aromatic heterocycles. The number of carbonyl (C=O) groups is 2. The number of piperazine rings is 1. The van der Waals surface area contributed by atoms with Crippen molar-refractivity contribution in [2.45, 2.75) is 52.5 Å². The number of hydroxylamine groups is 2. The van der Waals surface area contributed by atoms with Crippen molar-refractivity contribution >= 4 is 18.0 Å². The van der Waals surface area contributed by atoms with Gasteiger partial charge in [-0.3, -0.25) is 9.59 Å². The highest BCUT2D eigenvalue weighted by atomic mass is 16.7. The highest BCUT2D eigenvalue weighted by Crippen LogP contribution is 2.20. The van der Waals surface area contributed by atoms with Gasteiger partial charge in [-0.05, 0) is 78.9 Å². The van der Waals surface area contributed by atoms with Crippen molar-refractivity contribution in [3.8, 4) is 0 Å². The van der Waals surface area contributed by atoms with E-state index in [0.717, 1.165) is 37.2 Å². The third-order valence-electron chi connectivity index (χ3n) is 6.44. The van der Waals surface area contributed by atoms with Crippen LogP contribution in [-0.2, 0) is 21.5 Å². The van der Waals surface area contributed by atoms with Crippen LogP contribution in [0.15, 0.2) is 60.0 Å². The summed E-state index contributed by atoms with van der Waals surface area (Å²) in [6.45, 7) is 13.5. The smallest absolute Gasteiger partial charge is 0.251 e. The predicted octanol–water partition coefficient (Wildman–Crippen LogP) is 4.40. The molecule has 1 aliphatic heterocycles. The number of nitrogens with two attached hydrogens (primary N) is 1. The van der Waals surface area contributed by atoms with Crippen LogP contribution < -0.4 is 11.1 Å². The number of aryl methyl sites for hydroxylation is 1. The number of benzene rings is 1. The van der Waals surface area contributed by atoms with Gasteiger partial charge in [0.05, 0.1) is 7.11 Å². The zero-order valence-corrected chi connectivity index (χ0v) is 24.9. The van der Waals surface area contributed by atoms with Crippen molar-refractivity contribution in [1.29, 1.82) is 0 Å². The number of nitroso groups, excluding NO2 is 1. The third kappa shape index (κ3) is 11.6. The van der Waals surface area contributed by atoms with Gasteiger partial charge in [0, 0.05) is 50.2 Å². The van der Waals surface area contributed by atoms with Crippen LogP contribution in [0.5, 0.6) is 0 Å². The van der Waals surface area contributed by atoms with Crippen LogP contribution >= 0.6 is 0 Å². The molecule has 0 spiro atoms. The number of carbonyl (C=O) groups excluding carboxylic acids is 2. The summed E-state index contributed by atoms with van der Waals surface area (Å²) in [5.74, 6) is -0.166. The number of aromatic amines is 1. The molecule has 10 nitrogen and oxygen atoms in total. The number of nitrogens with one attached hydrogen (secondary N) is 2. The first-order chi connectivity index (χ1) is 19.1. The second kappa shape index (κ2) is 17.9. The van der Waals surface area contributed by atoms with Crippen LogP contribution in [-0.4, -0.2) is 73.6 Å². The fourth-order valence-corrected chi connectivity index (χ4v) is 3.88. The quantitative estimate of drug-likeness (QED) is 0.343. The van der Waals surface area contributed by atoms with Crippen LogP contribution in [0.3, 0.4) is 0 Å². The normalized spacial score (nSPS) is 14.9. The molecule has 4 N–H and O–H groups in total. The Morgan fingerprint density at radius 2 is 1.82 bits per heavy atom. The number of hydrogen-bond donors (Lipinski definition) is 3. The minimum absolute atomic E-state index is 0.0620. The standard InChI is InChI=1S/C22H27N3O2.C7H14N2O2.CH5N/c1-16-6-5-7-19(22(2,3)4)15-23-14-18(16)12-13-24-21(26)17-8-10-20(25-27)11-9-17;1-7-5-9(11-2)4-3-8(7)6-10;1-2/h5-11,14-15,23H,12-13H2,1-4H3,(H,24,26);6-7H,3-5H2,1-2H3;2H2,1H3. The molecule has 0 radical (unpaired) electrons. The number of rotatable bonds is 7. The highest BCUT2D eigenvalue weighted by Gasteiger charge is 2.21. The molecule has 10 heteroatoms. The molecule has 2 amide bonds. The Balaban J connectivity index is 0.000000512. The fourth-order valence-electron chi connectivity index (χ4n) is 3.88. The summed E-state index contributed by atoms with van der Waals surface area (Å²) in [4.78, 5) is 43.2. The summed E-state index contributed by atoms with van der Waals surface area (Å²) < 4.78 is 0. The molecule has 1 aliphatic rings. The third-order valence-corrected chi connectivity index (χ3v) is 6.44. The van der Waals surface area contributed by atoms with E-state index in [4.69, 9.17) is 4.84 Å². The van der Waals surface area contributed by atoms with E-state index in [1.807, 2.05) is 24.4 Å². The monoisotopic (exact) mass is 554 g/mol. The molecule has 1 atom stereocenters. The van der Waals surface area contributed by atoms with Crippen molar-refractivity contribution in [3.05, 3.63) is 82.0 Å². The topological polar surface area (TPSA) is 133 Å². The van der Waals surface area contributed by atoms with Crippen molar-refractivity contribution in [1.82, 2.24) is 20.3 Å². The van der Waals surface area contributed by atoms with Crippen LogP contribution in [0.25, 0.3) is 0 Å². The Morgan fingerprint density at radius 3 is 2.38 bits per heavy atom. The minimum atomic E-state index is -0.166. The fraction of sp³-hybridized carbons (Fsp3) is 0.467. The van der Waals surface area contributed by atoms with Gasteiger partial charge in [-0.1, -0.05) is 39.0 Å². The van der Waals surface area contributed by atoms with Crippen LogP contribution in [0, 0.1) is 11.8 Å². The maximum atomic E-state index is 12.2. The lowest BCUT2D eigenvalue weighted by Gasteiger charge is -2.36. The molecule has 1 saturated heterocycles. The molecule has 220 valence electrons. The maximum Gasteiger partial charge on any atom is 0.251 e. The molecule has 1 aromatic carbocycles. The SMILES string of the molecule is CN.CON1CCN(C=O)C(C)C1.Cc1cccc(C(C)(C)C)c[nH]cc1CCNC(=O)c1ccc(N=O)cc1. The van der Waals surface area contributed by atoms with Gasteiger partial charge in [0.2, 0.25) is 6.41 Å². The van der Waals surface area contributed by atoms with Crippen LogP contribution in [0.4, 0.5) is 5.69 Å². The predicted molar refractivity (Wildman–Crippen MR) is 161 cm³/mol. The summed E-state index contributed by atoms with van der Waals surface area (Å²) in [6, 6.07) is 12.8. The maximum absolute atomic E-state index is 12.2. The Hall–Kier alpha value is -3.60. The average molecular weight is 555 g/mol. The Morgan fingerprint density at radius 1 is 1.15 bits per heavy atom. The van der Waals surface area contributed by atoms with E-state index in [2.05, 4.69) is 67.1 Å². The largest absolute Gasteiger partial charge is 0.367 e. The van der Waals surface area contributed by atoms with Crippen molar-refractivity contribution in [2.75, 3.05) is 40.3 Å². The summed E-state index contributed by atoms with van der Waals surface area (Å²) in [5, 5.41) is 7.61. The van der Waals surface area contributed by atoms with Crippen molar-refractivity contribution in [2.24, 2.45) is 10.9 Å². The highest BCUT2D eigenvalue weighted by molar-refractivity contribution is 5.94. The Labute approximate surface area is 238 Å². The zero-order valence-electron chi connectivity index (χ0n) is 24.9. The van der Waals surface area contributed by atoms with Gasteiger partial charge in [0.1, 0.15) is 5.69 Å². The summed E-state index contributed by atoms with van der Waals surface area (Å²) >= 11 is 0. The van der Waals surface area contributed by atoms with E-state index in [9.17, 15) is 14.5 Å². The van der Waals surface area contributed by atoms with Crippen molar-refractivity contribution < 1.29 is 14.4 Å². The van der Waals surface area contributed by atoms with E-state index in [0.29, 0.717) is 24.2 Å². The van der Waals surface area contributed by atoms with Gasteiger partial charge >= 0.3 is 0 Å². The minimum Gasteiger partial charge on any atom is -0.367 e. The molecule has 3 rings (SSSR count).